The molecule has 0 saturated carbocycles. The number of unbranched alkanes of at least 4 members (excludes halogenated alkanes) is 1. The molecular formula is C21H30N4O2S. The van der Waals surface area contributed by atoms with Gasteiger partial charge in [0.05, 0.1) is 12.9 Å². The highest BCUT2D eigenvalue weighted by Gasteiger charge is 2.22. The third kappa shape index (κ3) is 5.07. The molecule has 0 N–H and O–H groups in total. The van der Waals surface area contributed by atoms with Gasteiger partial charge in [0.25, 0.3) is 0 Å². The summed E-state index contributed by atoms with van der Waals surface area (Å²) in [6.07, 6.45) is 4.46. The van der Waals surface area contributed by atoms with Gasteiger partial charge in [0.1, 0.15) is 5.75 Å². The molecule has 152 valence electrons. The highest BCUT2D eigenvalue weighted by Crippen LogP contribution is 2.27. The van der Waals surface area contributed by atoms with Crippen molar-refractivity contribution in [1.29, 1.82) is 0 Å². The number of hydrogen-bond donors (Lipinski definition) is 0. The van der Waals surface area contributed by atoms with Crippen molar-refractivity contribution >= 4 is 17.7 Å². The van der Waals surface area contributed by atoms with Crippen LogP contribution in [0.3, 0.4) is 0 Å². The Labute approximate surface area is 171 Å². The van der Waals surface area contributed by atoms with Crippen molar-refractivity contribution in [2.24, 2.45) is 5.92 Å². The number of nitrogens with zero attached hydrogens (tertiary/aromatic N) is 4. The van der Waals surface area contributed by atoms with Crippen molar-refractivity contribution in [2.45, 2.75) is 51.2 Å². The molecule has 0 bridgehead atoms. The summed E-state index contributed by atoms with van der Waals surface area (Å²) in [5.74, 6) is 2.88. The van der Waals surface area contributed by atoms with E-state index < -0.39 is 0 Å². The average molecular weight is 403 g/mol. The summed E-state index contributed by atoms with van der Waals surface area (Å²) in [5.41, 5.74) is 1.01. The number of amides is 1. The molecule has 1 unspecified atom stereocenters. The molecule has 1 aromatic carbocycles. The standard InChI is InChI=1S/C21H30N4O2S/c1-4-5-13-25-20(17-8-10-18(27-3)11-9-17)22-23-21(25)28-15-19(26)24-12-6-7-16(2)14-24/h8-11,16H,4-7,12-15H2,1-3H3. The van der Waals surface area contributed by atoms with Crippen molar-refractivity contribution in [3.05, 3.63) is 24.3 Å². The first-order chi connectivity index (χ1) is 13.6. The van der Waals surface area contributed by atoms with Crippen LogP contribution in [-0.2, 0) is 11.3 Å². The van der Waals surface area contributed by atoms with Crippen LogP contribution in [0.25, 0.3) is 11.4 Å². The Bertz CT molecular complexity index is 775. The molecule has 7 heteroatoms. The second-order valence-corrected chi connectivity index (χ2v) is 8.36. The van der Waals surface area contributed by atoms with E-state index in [1.165, 1.54) is 18.2 Å². The monoisotopic (exact) mass is 402 g/mol. The van der Waals surface area contributed by atoms with Crippen molar-refractivity contribution in [3.8, 4) is 17.1 Å². The van der Waals surface area contributed by atoms with Gasteiger partial charge in [-0.3, -0.25) is 4.79 Å². The zero-order valence-electron chi connectivity index (χ0n) is 17.1. The van der Waals surface area contributed by atoms with E-state index in [-0.39, 0.29) is 5.91 Å². The molecule has 1 amide bonds. The molecule has 6 nitrogen and oxygen atoms in total. The van der Waals surface area contributed by atoms with Gasteiger partial charge in [0, 0.05) is 25.2 Å². The number of aromatic nitrogens is 3. The first kappa shape index (κ1) is 20.7. The fourth-order valence-electron chi connectivity index (χ4n) is 3.50. The zero-order valence-corrected chi connectivity index (χ0v) is 17.9. The summed E-state index contributed by atoms with van der Waals surface area (Å²) in [7, 11) is 1.66. The predicted molar refractivity (Wildman–Crippen MR) is 113 cm³/mol. The highest BCUT2D eigenvalue weighted by atomic mass is 32.2. The first-order valence-corrected chi connectivity index (χ1v) is 11.1. The number of rotatable bonds is 8. The molecule has 0 aliphatic carbocycles. The predicted octanol–water partition coefficient (Wildman–Crippen LogP) is 4.10. The maximum Gasteiger partial charge on any atom is 0.233 e. The Kier molecular flexibility index (Phi) is 7.36. The Morgan fingerprint density at radius 1 is 1.29 bits per heavy atom. The molecule has 1 fully saturated rings. The lowest BCUT2D eigenvalue weighted by molar-refractivity contribution is -0.130. The van der Waals surface area contributed by atoms with E-state index in [4.69, 9.17) is 4.74 Å². The van der Waals surface area contributed by atoms with E-state index in [2.05, 4.69) is 28.6 Å². The lowest BCUT2D eigenvalue weighted by Crippen LogP contribution is -2.40. The molecule has 1 saturated heterocycles. The minimum atomic E-state index is 0.201. The Hall–Kier alpha value is -2.02. The van der Waals surface area contributed by atoms with E-state index in [9.17, 15) is 4.79 Å². The van der Waals surface area contributed by atoms with Crippen molar-refractivity contribution < 1.29 is 9.53 Å². The van der Waals surface area contributed by atoms with Crippen LogP contribution in [0.2, 0.25) is 0 Å². The summed E-state index contributed by atoms with van der Waals surface area (Å²) in [4.78, 5) is 14.6. The molecule has 1 aromatic heterocycles. The van der Waals surface area contributed by atoms with Crippen molar-refractivity contribution in [1.82, 2.24) is 19.7 Å². The lowest BCUT2D eigenvalue weighted by Gasteiger charge is -2.30. The van der Waals surface area contributed by atoms with Crippen LogP contribution in [-0.4, -0.2) is 51.5 Å². The second-order valence-electron chi connectivity index (χ2n) is 7.42. The van der Waals surface area contributed by atoms with Gasteiger partial charge in [-0.1, -0.05) is 32.0 Å². The van der Waals surface area contributed by atoms with Crippen molar-refractivity contribution in [3.63, 3.8) is 0 Å². The third-order valence-corrected chi connectivity index (χ3v) is 6.09. The number of likely N-dealkylation sites (tertiary alicyclic amines) is 1. The normalized spacial score (nSPS) is 17.0. The van der Waals surface area contributed by atoms with Crippen LogP contribution in [0, 0.1) is 5.92 Å². The molecule has 28 heavy (non-hydrogen) atoms. The van der Waals surface area contributed by atoms with E-state index in [1.54, 1.807) is 7.11 Å². The average Bonchev–Trinajstić information content (AvgIpc) is 3.13. The number of benzene rings is 1. The minimum Gasteiger partial charge on any atom is -0.497 e. The summed E-state index contributed by atoms with van der Waals surface area (Å²) in [6.45, 7) is 6.99. The van der Waals surface area contributed by atoms with E-state index in [1.807, 2.05) is 29.2 Å². The van der Waals surface area contributed by atoms with E-state index >= 15 is 0 Å². The van der Waals surface area contributed by atoms with Crippen LogP contribution < -0.4 is 4.74 Å². The smallest absolute Gasteiger partial charge is 0.233 e. The number of piperidine rings is 1. The maximum atomic E-state index is 12.6. The fourth-order valence-corrected chi connectivity index (χ4v) is 4.37. The van der Waals surface area contributed by atoms with Gasteiger partial charge in [-0.25, -0.2) is 0 Å². The molecule has 3 rings (SSSR count). The number of hydrogen-bond acceptors (Lipinski definition) is 5. The van der Waals surface area contributed by atoms with Crippen LogP contribution >= 0.6 is 11.8 Å². The topological polar surface area (TPSA) is 60.2 Å². The number of carbonyl (C=O) groups is 1. The lowest BCUT2D eigenvalue weighted by atomic mass is 10.0. The Morgan fingerprint density at radius 3 is 2.75 bits per heavy atom. The number of methoxy groups -OCH3 is 1. The van der Waals surface area contributed by atoms with Gasteiger partial charge in [0.15, 0.2) is 11.0 Å². The molecule has 1 aliphatic rings. The van der Waals surface area contributed by atoms with Gasteiger partial charge < -0.3 is 14.2 Å². The minimum absolute atomic E-state index is 0.201. The third-order valence-electron chi connectivity index (χ3n) is 5.13. The van der Waals surface area contributed by atoms with Crippen LogP contribution in [0.15, 0.2) is 29.4 Å². The summed E-state index contributed by atoms with van der Waals surface area (Å²) < 4.78 is 7.39. The molecule has 1 atom stereocenters. The van der Waals surface area contributed by atoms with Crippen LogP contribution in [0.1, 0.15) is 39.5 Å². The van der Waals surface area contributed by atoms with Gasteiger partial charge in [-0.2, -0.15) is 0 Å². The first-order valence-electron chi connectivity index (χ1n) is 10.1. The molecular weight excluding hydrogens is 372 g/mol. The zero-order chi connectivity index (χ0) is 19.9. The fraction of sp³-hybridized carbons (Fsp3) is 0.571. The second kappa shape index (κ2) is 9.96. The van der Waals surface area contributed by atoms with E-state index in [0.29, 0.717) is 11.7 Å². The number of ether oxygens (including phenoxy) is 1. The maximum absolute atomic E-state index is 12.6. The van der Waals surface area contributed by atoms with Gasteiger partial charge in [-0.05, 0) is 49.4 Å². The molecule has 2 heterocycles. The van der Waals surface area contributed by atoms with Crippen LogP contribution in [0.5, 0.6) is 5.75 Å². The van der Waals surface area contributed by atoms with Gasteiger partial charge in [0.2, 0.25) is 5.91 Å². The van der Waals surface area contributed by atoms with Gasteiger partial charge in [-0.15, -0.1) is 10.2 Å². The largest absolute Gasteiger partial charge is 0.497 e. The van der Waals surface area contributed by atoms with Crippen molar-refractivity contribution in [2.75, 3.05) is 26.0 Å². The highest BCUT2D eigenvalue weighted by molar-refractivity contribution is 7.99. The summed E-state index contributed by atoms with van der Waals surface area (Å²) in [6, 6.07) is 7.87. The SMILES string of the molecule is CCCCn1c(SCC(=O)N2CCCC(C)C2)nnc1-c1ccc(OC)cc1. The van der Waals surface area contributed by atoms with Gasteiger partial charge >= 0.3 is 0 Å². The molecule has 0 radical (unpaired) electrons. The molecule has 2 aromatic rings. The Balaban J connectivity index is 1.72. The summed E-state index contributed by atoms with van der Waals surface area (Å²) >= 11 is 1.50. The number of thioether (sulfide) groups is 1. The van der Waals surface area contributed by atoms with Crippen LogP contribution in [0.4, 0.5) is 0 Å². The Morgan fingerprint density at radius 2 is 2.07 bits per heavy atom. The quantitative estimate of drug-likeness (QED) is 0.622. The van der Waals surface area contributed by atoms with E-state index in [0.717, 1.165) is 61.2 Å². The number of carbonyl (C=O) groups excluding carboxylic acids is 1. The molecule has 1 aliphatic heterocycles. The molecule has 0 spiro atoms. The summed E-state index contributed by atoms with van der Waals surface area (Å²) in [5, 5.41) is 9.64.